The second-order valence-corrected chi connectivity index (χ2v) is 7.88. The van der Waals surface area contributed by atoms with Gasteiger partial charge >= 0.3 is 6.09 Å². The predicted octanol–water partition coefficient (Wildman–Crippen LogP) is 4.09. The zero-order chi connectivity index (χ0) is 21.7. The average Bonchev–Trinajstić information content (AvgIpc) is 3.12. The van der Waals surface area contributed by atoms with Gasteiger partial charge in [-0.3, -0.25) is 14.9 Å². The van der Waals surface area contributed by atoms with E-state index in [1.165, 1.54) is 18.2 Å². The number of hydrogen-bond acceptors (Lipinski definition) is 7. The van der Waals surface area contributed by atoms with Crippen LogP contribution < -0.4 is 10.6 Å². The van der Waals surface area contributed by atoms with Gasteiger partial charge in [0.15, 0.2) is 5.13 Å². The van der Waals surface area contributed by atoms with E-state index in [0.717, 1.165) is 16.9 Å². The quantitative estimate of drug-likeness (QED) is 0.431. The van der Waals surface area contributed by atoms with Gasteiger partial charge in [-0.25, -0.2) is 9.78 Å². The summed E-state index contributed by atoms with van der Waals surface area (Å²) in [5.41, 5.74) is 1.32. The molecule has 0 fully saturated rings. The highest BCUT2D eigenvalue weighted by Crippen LogP contribution is 2.29. The first kappa shape index (κ1) is 21.2. The smallest absolute Gasteiger partial charge is 0.408 e. The first-order chi connectivity index (χ1) is 14.3. The van der Waals surface area contributed by atoms with Crippen molar-refractivity contribution >= 4 is 44.4 Å². The van der Waals surface area contributed by atoms with Crippen LogP contribution >= 0.6 is 11.3 Å². The van der Waals surface area contributed by atoms with Crippen molar-refractivity contribution in [2.45, 2.75) is 26.5 Å². The summed E-state index contributed by atoms with van der Waals surface area (Å²) in [7, 11) is 0. The second-order valence-electron chi connectivity index (χ2n) is 6.85. The lowest BCUT2D eigenvalue weighted by molar-refractivity contribution is -0.384. The Bertz CT molecular complexity index is 1070. The number of rotatable bonds is 7. The van der Waals surface area contributed by atoms with Crippen LogP contribution in [0.5, 0.6) is 0 Å². The number of nitrogens with one attached hydrogen (secondary N) is 2. The van der Waals surface area contributed by atoms with E-state index >= 15 is 0 Å². The standard InChI is InChI=1S/C20H20N4O5S/c1-12(2)17(22-20(26)29-11-13-6-4-3-5-7-13)18(25)23-19-21-15-9-8-14(24(27)28)10-16(15)30-19/h3-10,12,17H,11H2,1-2H3,(H,22,26)(H,21,23,25)/t17-/m0/s1. The second kappa shape index (κ2) is 9.31. The molecule has 10 heteroatoms. The highest BCUT2D eigenvalue weighted by Gasteiger charge is 2.26. The van der Waals surface area contributed by atoms with Crippen molar-refractivity contribution in [1.29, 1.82) is 0 Å². The third-order valence-corrected chi connectivity index (χ3v) is 5.18. The number of nitro groups is 1. The Morgan fingerprint density at radius 3 is 2.60 bits per heavy atom. The van der Waals surface area contributed by atoms with Crippen molar-refractivity contribution in [1.82, 2.24) is 10.3 Å². The third-order valence-electron chi connectivity index (χ3n) is 4.25. The number of alkyl carbamates (subject to hydrolysis) is 1. The Morgan fingerprint density at radius 2 is 1.93 bits per heavy atom. The molecule has 0 aliphatic rings. The minimum absolute atomic E-state index is 0.0492. The van der Waals surface area contributed by atoms with Crippen LogP contribution in [0.15, 0.2) is 48.5 Å². The topological polar surface area (TPSA) is 123 Å². The third kappa shape index (κ3) is 5.29. The van der Waals surface area contributed by atoms with Gasteiger partial charge < -0.3 is 15.4 Å². The predicted molar refractivity (Wildman–Crippen MR) is 113 cm³/mol. The fourth-order valence-electron chi connectivity index (χ4n) is 2.69. The van der Waals surface area contributed by atoms with Crippen molar-refractivity contribution in [2.75, 3.05) is 5.32 Å². The first-order valence-electron chi connectivity index (χ1n) is 9.16. The molecule has 9 nitrogen and oxygen atoms in total. The minimum atomic E-state index is -0.838. The van der Waals surface area contributed by atoms with Gasteiger partial charge in [0.2, 0.25) is 5.91 Å². The van der Waals surface area contributed by atoms with Crippen molar-refractivity contribution in [2.24, 2.45) is 5.92 Å². The number of benzene rings is 2. The number of non-ortho nitro benzene ring substituents is 1. The molecule has 0 aliphatic carbocycles. The zero-order valence-electron chi connectivity index (χ0n) is 16.3. The molecule has 1 heterocycles. The van der Waals surface area contributed by atoms with E-state index in [4.69, 9.17) is 4.74 Å². The normalized spacial score (nSPS) is 11.8. The molecule has 1 aromatic heterocycles. The van der Waals surface area contributed by atoms with E-state index in [9.17, 15) is 19.7 Å². The molecule has 156 valence electrons. The van der Waals surface area contributed by atoms with Crippen LogP contribution in [0, 0.1) is 16.0 Å². The molecule has 2 N–H and O–H groups in total. The number of carbonyl (C=O) groups is 2. The van der Waals surface area contributed by atoms with E-state index < -0.39 is 23.0 Å². The number of ether oxygens (including phenoxy) is 1. The summed E-state index contributed by atoms with van der Waals surface area (Å²) in [4.78, 5) is 39.5. The van der Waals surface area contributed by atoms with Crippen LogP contribution in [0.25, 0.3) is 10.2 Å². The van der Waals surface area contributed by atoms with Gasteiger partial charge in [0, 0.05) is 12.1 Å². The Labute approximate surface area is 176 Å². The molecule has 30 heavy (non-hydrogen) atoms. The Balaban J connectivity index is 1.64. The number of carbonyl (C=O) groups excluding carboxylic acids is 2. The van der Waals surface area contributed by atoms with Crippen molar-refractivity contribution in [3.63, 3.8) is 0 Å². The molecule has 0 aliphatic heterocycles. The highest BCUT2D eigenvalue weighted by molar-refractivity contribution is 7.22. The number of amides is 2. The lowest BCUT2D eigenvalue weighted by Crippen LogP contribution is -2.47. The SMILES string of the molecule is CC(C)[C@H](NC(=O)OCc1ccccc1)C(=O)Nc1nc2ccc([N+](=O)[O-])cc2s1. The number of hydrogen-bond donors (Lipinski definition) is 2. The fourth-order valence-corrected chi connectivity index (χ4v) is 3.59. The molecule has 0 saturated heterocycles. The summed E-state index contributed by atoms with van der Waals surface area (Å²) >= 11 is 1.12. The molecule has 0 saturated carbocycles. The minimum Gasteiger partial charge on any atom is -0.445 e. The lowest BCUT2D eigenvalue weighted by atomic mass is 10.0. The summed E-state index contributed by atoms with van der Waals surface area (Å²) in [6.07, 6.45) is -0.701. The van der Waals surface area contributed by atoms with Gasteiger partial charge in [0.25, 0.3) is 5.69 Å². The maximum absolute atomic E-state index is 12.7. The molecule has 0 unspecified atom stereocenters. The Kier molecular flexibility index (Phi) is 6.58. The summed E-state index contributed by atoms with van der Waals surface area (Å²) < 4.78 is 5.77. The van der Waals surface area contributed by atoms with E-state index in [2.05, 4.69) is 15.6 Å². The van der Waals surface area contributed by atoms with Crippen molar-refractivity contribution < 1.29 is 19.2 Å². The molecule has 1 atom stereocenters. The zero-order valence-corrected chi connectivity index (χ0v) is 17.1. The summed E-state index contributed by atoms with van der Waals surface area (Å²) in [6.45, 7) is 3.68. The molecule has 2 amide bonds. The van der Waals surface area contributed by atoms with Crippen LogP contribution in [0.4, 0.5) is 15.6 Å². The molecular formula is C20H20N4O5S. The number of anilines is 1. The van der Waals surface area contributed by atoms with Crippen molar-refractivity contribution in [3.05, 3.63) is 64.2 Å². The van der Waals surface area contributed by atoms with Gasteiger partial charge in [-0.05, 0) is 17.5 Å². The van der Waals surface area contributed by atoms with Crippen LogP contribution in [-0.2, 0) is 16.1 Å². The number of fused-ring (bicyclic) bond motifs is 1. The average molecular weight is 428 g/mol. The number of nitrogens with zero attached hydrogens (tertiary/aromatic N) is 2. The molecule has 0 radical (unpaired) electrons. The number of nitro benzene ring substituents is 1. The number of aromatic nitrogens is 1. The largest absolute Gasteiger partial charge is 0.445 e. The molecule has 2 aromatic carbocycles. The summed E-state index contributed by atoms with van der Waals surface area (Å²) in [5.74, 6) is -0.653. The number of thiazole rings is 1. The first-order valence-corrected chi connectivity index (χ1v) is 9.98. The van der Waals surface area contributed by atoms with Crippen molar-refractivity contribution in [3.8, 4) is 0 Å². The van der Waals surface area contributed by atoms with E-state index in [0.29, 0.717) is 15.3 Å². The molecule has 3 rings (SSSR count). The monoisotopic (exact) mass is 428 g/mol. The van der Waals surface area contributed by atoms with Crippen LogP contribution in [0.2, 0.25) is 0 Å². The maximum Gasteiger partial charge on any atom is 0.408 e. The van der Waals surface area contributed by atoms with Gasteiger partial charge in [0.1, 0.15) is 12.6 Å². The Morgan fingerprint density at radius 1 is 1.20 bits per heavy atom. The van der Waals surface area contributed by atoms with Gasteiger partial charge in [-0.15, -0.1) is 0 Å². The summed E-state index contributed by atoms with van der Waals surface area (Å²) in [5, 5.41) is 16.4. The van der Waals surface area contributed by atoms with Gasteiger partial charge in [-0.1, -0.05) is 55.5 Å². The van der Waals surface area contributed by atoms with Crippen LogP contribution in [0.3, 0.4) is 0 Å². The van der Waals surface area contributed by atoms with E-state index in [-0.39, 0.29) is 18.2 Å². The van der Waals surface area contributed by atoms with Gasteiger partial charge in [-0.2, -0.15) is 0 Å². The molecule has 0 bridgehead atoms. The van der Waals surface area contributed by atoms with E-state index in [1.807, 2.05) is 30.3 Å². The maximum atomic E-state index is 12.7. The lowest BCUT2D eigenvalue weighted by Gasteiger charge is -2.20. The summed E-state index contributed by atoms with van der Waals surface area (Å²) in [6, 6.07) is 12.7. The molecule has 3 aromatic rings. The van der Waals surface area contributed by atoms with Crippen LogP contribution in [-0.4, -0.2) is 27.9 Å². The Hall–Kier alpha value is -3.53. The van der Waals surface area contributed by atoms with Gasteiger partial charge in [0.05, 0.1) is 15.1 Å². The fraction of sp³-hybridized carbons (Fsp3) is 0.250. The molecular weight excluding hydrogens is 408 g/mol. The van der Waals surface area contributed by atoms with Crippen LogP contribution in [0.1, 0.15) is 19.4 Å². The highest BCUT2D eigenvalue weighted by atomic mass is 32.1. The molecule has 0 spiro atoms. The van der Waals surface area contributed by atoms with E-state index in [1.54, 1.807) is 13.8 Å².